The van der Waals surface area contributed by atoms with Crippen molar-refractivity contribution in [3.8, 4) is 0 Å². The van der Waals surface area contributed by atoms with Gasteiger partial charge < -0.3 is 9.88 Å². The van der Waals surface area contributed by atoms with Gasteiger partial charge in [0.15, 0.2) is 0 Å². The van der Waals surface area contributed by atoms with Gasteiger partial charge in [-0.15, -0.1) is 0 Å². The van der Waals surface area contributed by atoms with E-state index in [4.69, 9.17) is 11.6 Å². The van der Waals surface area contributed by atoms with Gasteiger partial charge in [-0.1, -0.05) is 60.1 Å². The molecule has 1 amide bonds. The summed E-state index contributed by atoms with van der Waals surface area (Å²) in [4.78, 5) is 20.5. The molecule has 1 unspecified atom stereocenters. The number of nitrogens with zero attached hydrogens (tertiary/aromatic N) is 4. The molecule has 1 atom stereocenters. The summed E-state index contributed by atoms with van der Waals surface area (Å²) in [5.74, 6) is -0.0421. The number of amides is 1. The predicted molar refractivity (Wildman–Crippen MR) is 125 cm³/mol. The van der Waals surface area contributed by atoms with Gasteiger partial charge in [-0.05, 0) is 41.8 Å². The summed E-state index contributed by atoms with van der Waals surface area (Å²) in [6.45, 7) is 0.676. The number of carbonyl (C=O) groups is 1. The number of aromatic amines is 1. The molecule has 6 rings (SSSR count). The van der Waals surface area contributed by atoms with Gasteiger partial charge in [0.05, 0.1) is 6.04 Å². The summed E-state index contributed by atoms with van der Waals surface area (Å²) in [7, 11) is 0. The van der Waals surface area contributed by atoms with Crippen LogP contribution >= 0.6 is 11.6 Å². The molecule has 0 spiro atoms. The zero-order valence-electron chi connectivity index (χ0n) is 17.2. The minimum atomic E-state index is -0.294. The fraction of sp³-hybridized carbons (Fsp3) is 0.160. The van der Waals surface area contributed by atoms with E-state index in [1.54, 1.807) is 0 Å². The van der Waals surface area contributed by atoms with Crippen LogP contribution in [0.15, 0.2) is 72.8 Å². The van der Waals surface area contributed by atoms with Crippen LogP contribution in [0.3, 0.4) is 0 Å². The summed E-state index contributed by atoms with van der Waals surface area (Å²) >= 11 is 6.62. The van der Waals surface area contributed by atoms with E-state index < -0.39 is 0 Å². The first-order valence-electron chi connectivity index (χ1n) is 10.6. The minimum absolute atomic E-state index is 0.0421. The van der Waals surface area contributed by atoms with E-state index in [1.807, 2.05) is 65.6 Å². The van der Waals surface area contributed by atoms with Crippen LogP contribution in [0, 0.1) is 0 Å². The third-order valence-electron chi connectivity index (χ3n) is 6.16. The van der Waals surface area contributed by atoms with Gasteiger partial charge in [0.1, 0.15) is 17.6 Å². The van der Waals surface area contributed by atoms with E-state index in [2.05, 4.69) is 27.3 Å². The highest BCUT2D eigenvalue weighted by Crippen LogP contribution is 2.40. The SMILES string of the molecule is O=C(Cn1nc2ccccc2n1)N1CCc2c([nH]c3ccccc23)C1c1ccccc1Cl. The van der Waals surface area contributed by atoms with Gasteiger partial charge in [-0.3, -0.25) is 4.79 Å². The second-order valence-electron chi connectivity index (χ2n) is 8.04. The molecule has 0 radical (unpaired) electrons. The van der Waals surface area contributed by atoms with Crippen molar-refractivity contribution in [3.63, 3.8) is 0 Å². The van der Waals surface area contributed by atoms with E-state index in [0.717, 1.165) is 34.2 Å². The fourth-order valence-electron chi connectivity index (χ4n) is 4.72. The van der Waals surface area contributed by atoms with Crippen molar-refractivity contribution in [3.05, 3.63) is 94.6 Å². The van der Waals surface area contributed by atoms with Crippen molar-refractivity contribution in [2.45, 2.75) is 19.0 Å². The molecule has 1 aliphatic rings. The number of aromatic nitrogens is 4. The van der Waals surface area contributed by atoms with Crippen LogP contribution in [-0.2, 0) is 17.8 Å². The van der Waals surface area contributed by atoms with Crippen LogP contribution in [0.4, 0.5) is 0 Å². The molecule has 1 aliphatic heterocycles. The van der Waals surface area contributed by atoms with E-state index in [1.165, 1.54) is 15.7 Å². The van der Waals surface area contributed by atoms with Crippen molar-refractivity contribution in [1.82, 2.24) is 24.9 Å². The number of carbonyl (C=O) groups excluding carboxylic acids is 1. The zero-order chi connectivity index (χ0) is 21.7. The number of hydrogen-bond acceptors (Lipinski definition) is 3. The van der Waals surface area contributed by atoms with Gasteiger partial charge >= 0.3 is 0 Å². The summed E-state index contributed by atoms with van der Waals surface area (Å²) in [5.41, 5.74) is 5.81. The molecule has 7 heteroatoms. The fourth-order valence-corrected chi connectivity index (χ4v) is 4.96. The molecule has 158 valence electrons. The Kier molecular flexibility index (Phi) is 4.47. The smallest absolute Gasteiger partial charge is 0.247 e. The normalized spacial score (nSPS) is 15.9. The van der Waals surface area contributed by atoms with Gasteiger partial charge in [-0.25, -0.2) is 0 Å². The van der Waals surface area contributed by atoms with Crippen molar-refractivity contribution in [1.29, 1.82) is 0 Å². The molecule has 2 aromatic heterocycles. The first kappa shape index (κ1) is 19.1. The molecule has 1 N–H and O–H groups in total. The Bertz CT molecular complexity index is 1440. The maximum Gasteiger partial charge on any atom is 0.247 e. The van der Waals surface area contributed by atoms with Gasteiger partial charge in [0.25, 0.3) is 0 Å². The quantitative estimate of drug-likeness (QED) is 0.439. The van der Waals surface area contributed by atoms with E-state index in [9.17, 15) is 4.79 Å². The number of fused-ring (bicyclic) bond motifs is 4. The lowest BCUT2D eigenvalue weighted by Crippen LogP contribution is -2.42. The topological polar surface area (TPSA) is 66.8 Å². The zero-order valence-corrected chi connectivity index (χ0v) is 18.0. The number of H-pyrrole nitrogens is 1. The number of halogens is 1. The third-order valence-corrected chi connectivity index (χ3v) is 6.50. The van der Waals surface area contributed by atoms with E-state index >= 15 is 0 Å². The van der Waals surface area contributed by atoms with Crippen LogP contribution in [0.2, 0.25) is 5.02 Å². The maximum absolute atomic E-state index is 13.5. The Morgan fingerprint density at radius 2 is 1.66 bits per heavy atom. The van der Waals surface area contributed by atoms with Crippen LogP contribution in [0.25, 0.3) is 21.9 Å². The number of nitrogens with one attached hydrogen (secondary N) is 1. The van der Waals surface area contributed by atoms with E-state index in [-0.39, 0.29) is 18.5 Å². The third kappa shape index (κ3) is 3.07. The molecular weight excluding hydrogens is 422 g/mol. The molecule has 5 aromatic rings. The number of para-hydroxylation sites is 1. The molecule has 0 saturated heterocycles. The van der Waals surface area contributed by atoms with Crippen molar-refractivity contribution in [2.24, 2.45) is 0 Å². The first-order chi connectivity index (χ1) is 15.7. The molecule has 32 heavy (non-hydrogen) atoms. The van der Waals surface area contributed by atoms with Crippen molar-refractivity contribution < 1.29 is 4.79 Å². The summed E-state index contributed by atoms with van der Waals surface area (Å²) in [6, 6.07) is 23.3. The first-order valence-corrected chi connectivity index (χ1v) is 11.0. The Hall–Kier alpha value is -3.64. The van der Waals surface area contributed by atoms with E-state index in [0.29, 0.717) is 11.6 Å². The summed E-state index contributed by atoms with van der Waals surface area (Å²) in [5, 5.41) is 10.8. The average Bonchev–Trinajstić information content (AvgIpc) is 3.39. The Morgan fingerprint density at radius 3 is 2.44 bits per heavy atom. The number of hydrogen-bond donors (Lipinski definition) is 1. The average molecular weight is 442 g/mol. The number of rotatable bonds is 3. The molecule has 3 heterocycles. The van der Waals surface area contributed by atoms with Crippen molar-refractivity contribution in [2.75, 3.05) is 6.54 Å². The molecule has 0 fully saturated rings. The predicted octanol–water partition coefficient (Wildman–Crippen LogP) is 4.74. The molecule has 0 aliphatic carbocycles. The lowest BCUT2D eigenvalue weighted by Gasteiger charge is -2.36. The second kappa shape index (κ2) is 7.50. The standard InChI is InChI=1S/C25H20ClN5O/c26-19-9-3-1-8-18(19)25-24-17(16-7-2-4-10-20(16)27-24)13-14-30(25)23(32)15-31-28-21-11-5-6-12-22(21)29-31/h1-12,25,27H,13-15H2. The monoisotopic (exact) mass is 441 g/mol. The Balaban J connectivity index is 1.43. The van der Waals surface area contributed by atoms with Crippen LogP contribution in [-0.4, -0.2) is 37.3 Å². The molecule has 0 bridgehead atoms. The molecule has 6 nitrogen and oxygen atoms in total. The van der Waals surface area contributed by atoms with Crippen LogP contribution < -0.4 is 0 Å². The minimum Gasteiger partial charge on any atom is -0.356 e. The van der Waals surface area contributed by atoms with Gasteiger partial charge in [0.2, 0.25) is 5.91 Å². The highest BCUT2D eigenvalue weighted by Gasteiger charge is 2.35. The van der Waals surface area contributed by atoms with Crippen LogP contribution in [0.1, 0.15) is 22.9 Å². The van der Waals surface area contributed by atoms with Crippen molar-refractivity contribution >= 4 is 39.4 Å². The number of benzene rings is 3. The maximum atomic E-state index is 13.5. The highest BCUT2D eigenvalue weighted by molar-refractivity contribution is 6.31. The lowest BCUT2D eigenvalue weighted by atomic mass is 9.92. The van der Waals surface area contributed by atoms with Gasteiger partial charge in [-0.2, -0.15) is 15.0 Å². The Labute approximate surface area is 189 Å². The largest absolute Gasteiger partial charge is 0.356 e. The van der Waals surface area contributed by atoms with Gasteiger partial charge in [0, 0.05) is 28.2 Å². The summed E-state index contributed by atoms with van der Waals surface area (Å²) in [6.07, 6.45) is 0.778. The second-order valence-corrected chi connectivity index (χ2v) is 8.45. The molecule has 0 saturated carbocycles. The lowest BCUT2D eigenvalue weighted by molar-refractivity contribution is -0.134. The Morgan fingerprint density at radius 1 is 0.969 bits per heavy atom. The summed E-state index contributed by atoms with van der Waals surface area (Å²) < 4.78 is 0. The molecule has 3 aromatic carbocycles. The van der Waals surface area contributed by atoms with Crippen LogP contribution in [0.5, 0.6) is 0 Å². The molecular formula is C25H20ClN5O. The highest BCUT2D eigenvalue weighted by atomic mass is 35.5.